The van der Waals surface area contributed by atoms with E-state index in [0.717, 1.165) is 0 Å². The Morgan fingerprint density at radius 2 is 1.97 bits per heavy atom. The molecular formula is C23H24N4O4S2. The van der Waals surface area contributed by atoms with Gasteiger partial charge in [0.1, 0.15) is 11.4 Å². The molecule has 1 unspecified atom stereocenters. The van der Waals surface area contributed by atoms with Crippen molar-refractivity contribution < 1.29 is 19.1 Å². The molecule has 0 bridgehead atoms. The van der Waals surface area contributed by atoms with Crippen LogP contribution in [0.5, 0.6) is 5.75 Å². The number of nitrogens with zero attached hydrogens (tertiary/aromatic N) is 3. The number of likely N-dealkylation sites (N-methyl/N-ethyl adjacent to an activating group) is 2. The molecule has 0 saturated carbocycles. The van der Waals surface area contributed by atoms with E-state index in [4.69, 9.17) is 4.74 Å². The fourth-order valence-electron chi connectivity index (χ4n) is 3.43. The number of carbonyl (C=O) groups excluding carboxylic acids is 3. The number of para-hydroxylation sites is 1. The van der Waals surface area contributed by atoms with Gasteiger partial charge in [0.05, 0.1) is 10.4 Å². The summed E-state index contributed by atoms with van der Waals surface area (Å²) in [4.78, 5) is 46.8. The number of amides is 2. The molecule has 10 heteroatoms. The summed E-state index contributed by atoms with van der Waals surface area (Å²) < 4.78 is 5.82. The van der Waals surface area contributed by atoms with Crippen LogP contribution < -0.4 is 15.0 Å². The number of aromatic nitrogens is 1. The van der Waals surface area contributed by atoms with Gasteiger partial charge in [0, 0.05) is 38.5 Å². The third-order valence-electron chi connectivity index (χ3n) is 5.29. The molecule has 1 aliphatic rings. The van der Waals surface area contributed by atoms with Crippen LogP contribution in [0.4, 0.5) is 5.13 Å². The number of ketones is 1. The number of benzene rings is 1. The molecule has 172 valence electrons. The Kier molecular flexibility index (Phi) is 7.17. The maximum absolute atomic E-state index is 13.2. The summed E-state index contributed by atoms with van der Waals surface area (Å²) in [7, 11) is 3.57. The molecular weight excluding hydrogens is 460 g/mol. The van der Waals surface area contributed by atoms with E-state index in [1.807, 2.05) is 24.6 Å². The summed E-state index contributed by atoms with van der Waals surface area (Å²) in [5.41, 5.74) is 0.983. The maximum Gasteiger partial charge on any atom is 0.270 e. The summed E-state index contributed by atoms with van der Waals surface area (Å²) in [5, 5.41) is 7.01. The lowest BCUT2D eigenvalue weighted by Gasteiger charge is -2.22. The highest BCUT2D eigenvalue weighted by molar-refractivity contribution is 7.14. The van der Waals surface area contributed by atoms with Crippen molar-refractivity contribution in [2.24, 2.45) is 0 Å². The number of anilines is 1. The van der Waals surface area contributed by atoms with E-state index in [9.17, 15) is 14.4 Å². The van der Waals surface area contributed by atoms with Gasteiger partial charge >= 0.3 is 0 Å². The van der Waals surface area contributed by atoms with Gasteiger partial charge in [-0.15, -0.1) is 22.7 Å². The molecule has 1 atom stereocenters. The minimum Gasteiger partial charge on any atom is -0.475 e. The zero-order valence-corrected chi connectivity index (χ0v) is 19.9. The molecule has 4 rings (SSSR count). The van der Waals surface area contributed by atoms with Crippen molar-refractivity contribution in [3.05, 3.63) is 63.3 Å². The molecule has 0 radical (unpaired) electrons. The lowest BCUT2D eigenvalue weighted by atomic mass is 10.1. The van der Waals surface area contributed by atoms with Gasteiger partial charge in [0.25, 0.3) is 5.91 Å². The van der Waals surface area contributed by atoms with Crippen molar-refractivity contribution in [3.63, 3.8) is 0 Å². The van der Waals surface area contributed by atoms with Gasteiger partial charge in [-0.2, -0.15) is 0 Å². The van der Waals surface area contributed by atoms with Gasteiger partial charge in [0.2, 0.25) is 17.8 Å². The lowest BCUT2D eigenvalue weighted by molar-refractivity contribution is -0.129. The Hall–Kier alpha value is -3.08. The van der Waals surface area contributed by atoms with E-state index >= 15 is 0 Å². The van der Waals surface area contributed by atoms with Crippen molar-refractivity contribution in [1.82, 2.24) is 15.2 Å². The zero-order chi connectivity index (χ0) is 23.4. The number of nitrogens with one attached hydrogen (secondary N) is 1. The first kappa shape index (κ1) is 23.1. The quantitative estimate of drug-likeness (QED) is 0.501. The van der Waals surface area contributed by atoms with Gasteiger partial charge in [-0.1, -0.05) is 18.2 Å². The van der Waals surface area contributed by atoms with Gasteiger partial charge in [-0.25, -0.2) is 4.98 Å². The van der Waals surface area contributed by atoms with E-state index in [0.29, 0.717) is 40.1 Å². The standard InChI is InChI=1S/C23H24N4O4S2/c1-24-10-12-26(2)19(28)9-11-27(22(30)18-8-5-13-32-18)23-25-16(14-33-23)21-20(29)15-6-3-4-7-17(15)31-21/h3-8,13-14,21,24H,9-12H2,1-2H3. The van der Waals surface area contributed by atoms with Crippen molar-refractivity contribution >= 4 is 45.4 Å². The topological polar surface area (TPSA) is 91.8 Å². The van der Waals surface area contributed by atoms with Crippen LogP contribution in [0.25, 0.3) is 0 Å². The number of carbonyl (C=O) groups is 3. The van der Waals surface area contributed by atoms with Crippen molar-refractivity contribution in [1.29, 1.82) is 0 Å². The van der Waals surface area contributed by atoms with Crippen molar-refractivity contribution in [3.8, 4) is 5.75 Å². The normalized spacial score (nSPS) is 14.6. The molecule has 2 aromatic heterocycles. The molecule has 33 heavy (non-hydrogen) atoms. The summed E-state index contributed by atoms with van der Waals surface area (Å²) in [6, 6.07) is 10.6. The molecule has 1 N–H and O–H groups in total. The van der Waals surface area contributed by atoms with Gasteiger partial charge in [-0.05, 0) is 30.6 Å². The van der Waals surface area contributed by atoms with E-state index < -0.39 is 6.10 Å². The SMILES string of the molecule is CNCCN(C)C(=O)CCN(C(=O)c1cccs1)c1nc(C2Oc3ccccc3C2=O)cs1. The van der Waals surface area contributed by atoms with Crippen LogP contribution in [0.1, 0.15) is 38.2 Å². The lowest BCUT2D eigenvalue weighted by Crippen LogP contribution is -2.37. The Labute approximate surface area is 199 Å². The Morgan fingerprint density at radius 3 is 2.70 bits per heavy atom. The smallest absolute Gasteiger partial charge is 0.270 e. The summed E-state index contributed by atoms with van der Waals surface area (Å²) in [6.07, 6.45) is -0.670. The first-order valence-corrected chi connectivity index (χ1v) is 12.2. The van der Waals surface area contributed by atoms with Crippen LogP contribution in [0, 0.1) is 0 Å². The number of thiazole rings is 1. The van der Waals surface area contributed by atoms with E-state index in [1.54, 1.807) is 41.6 Å². The first-order valence-electron chi connectivity index (χ1n) is 10.5. The van der Waals surface area contributed by atoms with Crippen LogP contribution in [-0.2, 0) is 4.79 Å². The van der Waals surface area contributed by atoms with E-state index in [1.165, 1.54) is 27.6 Å². The predicted octanol–water partition coefficient (Wildman–Crippen LogP) is 3.24. The molecule has 3 aromatic rings. The third-order valence-corrected chi connectivity index (χ3v) is 7.03. The summed E-state index contributed by atoms with van der Waals surface area (Å²) in [6.45, 7) is 1.46. The van der Waals surface area contributed by atoms with Gasteiger partial charge < -0.3 is 15.0 Å². The molecule has 1 aliphatic heterocycles. The number of thiophene rings is 1. The minimum atomic E-state index is -0.833. The number of hydrogen-bond acceptors (Lipinski definition) is 8. The molecule has 3 heterocycles. The van der Waals surface area contributed by atoms with Gasteiger partial charge in [0.15, 0.2) is 5.13 Å². The number of hydrogen-bond donors (Lipinski definition) is 1. The van der Waals surface area contributed by atoms with Crippen molar-refractivity contribution in [2.45, 2.75) is 12.5 Å². The van der Waals surface area contributed by atoms with Crippen LogP contribution >= 0.6 is 22.7 Å². The molecule has 0 saturated heterocycles. The second-order valence-electron chi connectivity index (χ2n) is 7.52. The molecule has 1 aromatic carbocycles. The number of rotatable bonds is 9. The van der Waals surface area contributed by atoms with Gasteiger partial charge in [-0.3, -0.25) is 19.3 Å². The summed E-state index contributed by atoms with van der Waals surface area (Å²) >= 11 is 2.59. The zero-order valence-electron chi connectivity index (χ0n) is 18.3. The molecule has 0 aliphatic carbocycles. The van der Waals surface area contributed by atoms with E-state index in [2.05, 4.69) is 10.3 Å². The molecule has 0 spiro atoms. The highest BCUT2D eigenvalue weighted by atomic mass is 32.1. The molecule has 2 amide bonds. The highest BCUT2D eigenvalue weighted by Crippen LogP contribution is 2.38. The Balaban J connectivity index is 1.53. The highest BCUT2D eigenvalue weighted by Gasteiger charge is 2.36. The van der Waals surface area contributed by atoms with Crippen LogP contribution in [-0.4, -0.2) is 61.2 Å². The minimum absolute atomic E-state index is 0.0595. The summed E-state index contributed by atoms with van der Waals surface area (Å²) in [5.74, 6) is 0.0954. The molecule has 8 nitrogen and oxygen atoms in total. The number of ether oxygens (including phenoxy) is 1. The maximum atomic E-state index is 13.2. The average Bonchev–Trinajstić information content (AvgIpc) is 3.58. The van der Waals surface area contributed by atoms with Crippen LogP contribution in [0.15, 0.2) is 47.2 Å². The third kappa shape index (κ3) is 4.97. The second kappa shape index (κ2) is 10.2. The predicted molar refractivity (Wildman–Crippen MR) is 128 cm³/mol. The monoisotopic (exact) mass is 484 g/mol. The second-order valence-corrected chi connectivity index (χ2v) is 9.30. The average molecular weight is 485 g/mol. The fourth-order valence-corrected chi connectivity index (χ4v) is 4.96. The van der Waals surface area contributed by atoms with E-state index in [-0.39, 0.29) is 30.6 Å². The van der Waals surface area contributed by atoms with Crippen LogP contribution in [0.3, 0.4) is 0 Å². The Morgan fingerprint density at radius 1 is 1.15 bits per heavy atom. The largest absolute Gasteiger partial charge is 0.475 e. The number of Topliss-reactive ketones (excluding diaryl/α,β-unsaturated/α-hetero) is 1. The van der Waals surface area contributed by atoms with Crippen LogP contribution in [0.2, 0.25) is 0 Å². The molecule has 0 fully saturated rings. The van der Waals surface area contributed by atoms with Crippen molar-refractivity contribution in [2.75, 3.05) is 38.6 Å². The number of fused-ring (bicyclic) bond motifs is 1. The first-order chi connectivity index (χ1) is 16.0. The fraction of sp³-hybridized carbons (Fsp3) is 0.304. The Bertz CT molecular complexity index is 1150.